The van der Waals surface area contributed by atoms with E-state index in [1.165, 1.54) is 18.4 Å². The summed E-state index contributed by atoms with van der Waals surface area (Å²) in [6.45, 7) is -0.0291. The molecule has 0 atom stereocenters. The first kappa shape index (κ1) is 16.3. The van der Waals surface area contributed by atoms with Gasteiger partial charge in [0.25, 0.3) is 5.91 Å². The third kappa shape index (κ3) is 2.93. The van der Waals surface area contributed by atoms with Gasteiger partial charge in [0, 0.05) is 29.4 Å². The van der Waals surface area contributed by atoms with Crippen molar-refractivity contribution in [3.8, 4) is 11.6 Å². The van der Waals surface area contributed by atoms with Crippen molar-refractivity contribution in [3.05, 3.63) is 76.9 Å². The first-order valence-corrected chi connectivity index (χ1v) is 8.11. The molecule has 4 aromatic rings. The maximum absolute atomic E-state index is 13.8. The van der Waals surface area contributed by atoms with Gasteiger partial charge in [0.15, 0.2) is 11.4 Å². The zero-order valence-electron chi connectivity index (χ0n) is 13.3. The van der Waals surface area contributed by atoms with Gasteiger partial charge in [-0.1, -0.05) is 23.7 Å². The molecule has 0 aliphatic rings. The minimum Gasteiger partial charge on any atom is -0.460 e. The molecule has 0 radical (unpaired) electrons. The highest BCUT2D eigenvalue weighted by atomic mass is 35.5. The topological polar surface area (TPSA) is 72.4 Å². The molecule has 8 heteroatoms. The Kier molecular flexibility index (Phi) is 4.14. The number of hydrogen-bond acceptors (Lipinski definition) is 4. The molecule has 1 amide bonds. The second-order valence-corrected chi connectivity index (χ2v) is 5.94. The summed E-state index contributed by atoms with van der Waals surface area (Å²) < 4.78 is 21.0. The number of nitrogens with zero attached hydrogens (tertiary/aromatic N) is 3. The zero-order chi connectivity index (χ0) is 18.1. The number of aromatic nitrogens is 3. The molecule has 130 valence electrons. The van der Waals surface area contributed by atoms with Gasteiger partial charge in [0.1, 0.15) is 12.1 Å². The van der Waals surface area contributed by atoms with Crippen LogP contribution in [0.25, 0.3) is 17.2 Å². The summed E-state index contributed by atoms with van der Waals surface area (Å²) in [6, 6.07) is 11.4. The van der Waals surface area contributed by atoms with Crippen LogP contribution in [0.15, 0.2) is 59.3 Å². The number of pyridine rings is 1. The fourth-order valence-corrected chi connectivity index (χ4v) is 2.78. The second-order valence-electron chi connectivity index (χ2n) is 5.53. The Morgan fingerprint density at radius 2 is 2.12 bits per heavy atom. The summed E-state index contributed by atoms with van der Waals surface area (Å²) >= 11 is 5.96. The van der Waals surface area contributed by atoms with Crippen molar-refractivity contribution in [2.24, 2.45) is 0 Å². The van der Waals surface area contributed by atoms with Gasteiger partial charge in [-0.2, -0.15) is 0 Å². The van der Waals surface area contributed by atoms with E-state index in [1.807, 2.05) is 18.2 Å². The third-order valence-electron chi connectivity index (χ3n) is 3.88. The largest absolute Gasteiger partial charge is 0.460 e. The molecule has 0 unspecified atom stereocenters. The van der Waals surface area contributed by atoms with Crippen LogP contribution in [0.5, 0.6) is 0 Å². The molecule has 3 heterocycles. The smallest absolute Gasteiger partial charge is 0.254 e. The van der Waals surface area contributed by atoms with Crippen LogP contribution in [0.2, 0.25) is 5.02 Å². The van der Waals surface area contributed by atoms with Crippen LogP contribution in [0.1, 0.15) is 15.9 Å². The highest BCUT2D eigenvalue weighted by Crippen LogP contribution is 2.22. The van der Waals surface area contributed by atoms with Crippen molar-refractivity contribution in [2.45, 2.75) is 6.54 Å². The van der Waals surface area contributed by atoms with Crippen molar-refractivity contribution in [3.63, 3.8) is 0 Å². The highest BCUT2D eigenvalue weighted by molar-refractivity contribution is 6.31. The average Bonchev–Trinajstić information content (AvgIpc) is 3.28. The first-order chi connectivity index (χ1) is 12.6. The van der Waals surface area contributed by atoms with Gasteiger partial charge in [0.2, 0.25) is 5.82 Å². The second kappa shape index (κ2) is 6.61. The molecular formula is C18H12ClFN4O2. The van der Waals surface area contributed by atoms with Crippen LogP contribution in [0, 0.1) is 5.82 Å². The maximum atomic E-state index is 13.8. The number of carbonyl (C=O) groups is 1. The van der Waals surface area contributed by atoms with Crippen LogP contribution >= 0.6 is 11.6 Å². The molecule has 1 N–H and O–H groups in total. The molecule has 26 heavy (non-hydrogen) atoms. The molecule has 0 aliphatic heterocycles. The van der Waals surface area contributed by atoms with Crippen LogP contribution in [-0.2, 0) is 6.54 Å². The summed E-state index contributed by atoms with van der Waals surface area (Å²) in [7, 11) is 0. The molecule has 1 aromatic carbocycles. The lowest BCUT2D eigenvalue weighted by Gasteiger charge is -2.06. The lowest BCUT2D eigenvalue weighted by molar-refractivity contribution is 0.0950. The minimum absolute atomic E-state index is 0.0291. The van der Waals surface area contributed by atoms with Crippen LogP contribution in [0.4, 0.5) is 4.39 Å². The molecule has 6 nitrogen and oxygen atoms in total. The van der Waals surface area contributed by atoms with E-state index in [4.69, 9.17) is 16.0 Å². The molecule has 0 bridgehead atoms. The number of amides is 1. The van der Waals surface area contributed by atoms with Crippen molar-refractivity contribution >= 4 is 23.2 Å². The van der Waals surface area contributed by atoms with Gasteiger partial charge >= 0.3 is 0 Å². The lowest BCUT2D eigenvalue weighted by atomic mass is 10.2. The molecule has 0 saturated carbocycles. The number of nitrogens with one attached hydrogen (secondary N) is 1. The fraction of sp³-hybridized carbons (Fsp3) is 0.0556. The Balaban J connectivity index is 1.53. The Bertz CT molecular complexity index is 1090. The predicted molar refractivity (Wildman–Crippen MR) is 93.3 cm³/mol. The van der Waals surface area contributed by atoms with Crippen molar-refractivity contribution in [1.29, 1.82) is 0 Å². The Morgan fingerprint density at radius 1 is 1.23 bits per heavy atom. The zero-order valence-corrected chi connectivity index (χ0v) is 14.1. The number of halogens is 2. The summed E-state index contributed by atoms with van der Waals surface area (Å²) in [5.41, 5.74) is 1.19. The number of rotatable bonds is 4. The summed E-state index contributed by atoms with van der Waals surface area (Å²) in [6.07, 6.45) is 3.12. The summed E-state index contributed by atoms with van der Waals surface area (Å²) in [5.74, 6) is 0.00308. The van der Waals surface area contributed by atoms with Crippen molar-refractivity contribution in [2.75, 3.05) is 0 Å². The van der Waals surface area contributed by atoms with Crippen LogP contribution < -0.4 is 5.32 Å². The van der Waals surface area contributed by atoms with E-state index in [-0.39, 0.29) is 17.1 Å². The van der Waals surface area contributed by atoms with E-state index >= 15 is 0 Å². The Labute approximate surface area is 152 Å². The fourth-order valence-electron chi connectivity index (χ4n) is 2.55. The quantitative estimate of drug-likeness (QED) is 0.594. The average molecular weight is 371 g/mol. The number of benzene rings is 1. The summed E-state index contributed by atoms with van der Waals surface area (Å²) in [5, 5.41) is 11.0. The van der Waals surface area contributed by atoms with Gasteiger partial charge in [-0.3, -0.25) is 9.20 Å². The molecule has 0 saturated heterocycles. The molecule has 3 aromatic heterocycles. The molecular weight excluding hydrogens is 359 g/mol. The lowest BCUT2D eigenvalue weighted by Crippen LogP contribution is -2.23. The van der Waals surface area contributed by atoms with Gasteiger partial charge in [-0.05, 0) is 24.3 Å². The van der Waals surface area contributed by atoms with E-state index in [1.54, 1.807) is 22.7 Å². The van der Waals surface area contributed by atoms with Crippen molar-refractivity contribution in [1.82, 2.24) is 19.9 Å². The normalized spacial score (nSPS) is 11.0. The van der Waals surface area contributed by atoms with Gasteiger partial charge in [0.05, 0.1) is 5.56 Å². The number of furan rings is 1. The van der Waals surface area contributed by atoms with Gasteiger partial charge in [-0.15, -0.1) is 10.2 Å². The number of carbonyl (C=O) groups excluding carboxylic acids is 1. The Morgan fingerprint density at radius 3 is 2.96 bits per heavy atom. The predicted octanol–water partition coefficient (Wildman–Crippen LogP) is 3.71. The standard InChI is InChI=1S/C18H12ClFN4O2/c19-13-4-3-5-14(20)12(13)9-21-18(25)11-8-15(26-10-11)17-23-22-16-6-1-2-7-24(16)17/h1-8,10H,9H2,(H,21,25). The monoisotopic (exact) mass is 370 g/mol. The van der Waals surface area contributed by atoms with E-state index in [9.17, 15) is 9.18 Å². The molecule has 0 aliphatic carbocycles. The van der Waals surface area contributed by atoms with Gasteiger partial charge in [-0.25, -0.2) is 4.39 Å². The van der Waals surface area contributed by atoms with Crippen LogP contribution in [0.3, 0.4) is 0 Å². The minimum atomic E-state index is -0.472. The van der Waals surface area contributed by atoms with Crippen molar-refractivity contribution < 1.29 is 13.6 Å². The van der Waals surface area contributed by atoms with E-state index in [0.29, 0.717) is 22.8 Å². The number of hydrogen-bond donors (Lipinski definition) is 1. The van der Waals surface area contributed by atoms with E-state index in [2.05, 4.69) is 15.5 Å². The van der Waals surface area contributed by atoms with Gasteiger partial charge < -0.3 is 9.73 Å². The van der Waals surface area contributed by atoms with E-state index < -0.39 is 11.7 Å². The highest BCUT2D eigenvalue weighted by Gasteiger charge is 2.16. The third-order valence-corrected chi connectivity index (χ3v) is 4.24. The van der Waals surface area contributed by atoms with Crippen LogP contribution in [-0.4, -0.2) is 20.5 Å². The summed E-state index contributed by atoms with van der Waals surface area (Å²) in [4.78, 5) is 12.3. The SMILES string of the molecule is O=C(NCc1c(F)cccc1Cl)c1coc(-c2nnc3ccccn23)c1. The molecule has 4 rings (SSSR count). The maximum Gasteiger partial charge on any atom is 0.254 e. The Hall–Kier alpha value is -3.19. The van der Waals surface area contributed by atoms with E-state index in [0.717, 1.165) is 0 Å². The first-order valence-electron chi connectivity index (χ1n) is 7.73. The molecule has 0 spiro atoms. The number of fused-ring (bicyclic) bond motifs is 1. The molecule has 0 fully saturated rings.